The third kappa shape index (κ3) is 4.64. The monoisotopic (exact) mass is 356 g/mol. The van der Waals surface area contributed by atoms with Gasteiger partial charge in [-0.3, -0.25) is 0 Å². The zero-order valence-corrected chi connectivity index (χ0v) is 15.6. The number of hydrogen-bond acceptors (Lipinski definition) is 3. The molecule has 2 amide bonds. The Hall–Kier alpha value is -2.34. The highest BCUT2D eigenvalue weighted by atomic mass is 16.5. The first-order valence-corrected chi connectivity index (χ1v) is 9.35. The van der Waals surface area contributed by atoms with Crippen molar-refractivity contribution in [1.82, 2.24) is 19.8 Å². The molecule has 1 N–H and O–H groups in total. The van der Waals surface area contributed by atoms with Crippen LogP contribution < -0.4 is 5.32 Å². The summed E-state index contributed by atoms with van der Waals surface area (Å²) in [7, 11) is 0. The number of amides is 2. The number of nitrogens with zero attached hydrogens (tertiary/aromatic N) is 3. The maximum atomic E-state index is 12.9. The van der Waals surface area contributed by atoms with Crippen LogP contribution in [0.25, 0.3) is 0 Å². The van der Waals surface area contributed by atoms with Crippen molar-refractivity contribution in [2.75, 3.05) is 13.2 Å². The number of rotatable bonds is 7. The standard InChI is InChI=1S/C20H28N4O2/c1-3-23-15-21-11-18(23)12-22-20(25)24(14-19-9-6-10-26-19)13-17-8-5-4-7-16(17)2/h4-5,7-8,11,15,19H,3,6,9-10,12-14H2,1-2H3,(H,22,25). The van der Waals surface area contributed by atoms with Crippen molar-refractivity contribution in [3.63, 3.8) is 0 Å². The van der Waals surface area contributed by atoms with Crippen LogP contribution in [0, 0.1) is 6.92 Å². The van der Waals surface area contributed by atoms with Crippen molar-refractivity contribution in [2.45, 2.75) is 52.4 Å². The van der Waals surface area contributed by atoms with Gasteiger partial charge in [-0.25, -0.2) is 9.78 Å². The van der Waals surface area contributed by atoms with E-state index in [1.807, 2.05) is 21.6 Å². The Morgan fingerprint density at radius 2 is 2.27 bits per heavy atom. The average molecular weight is 356 g/mol. The van der Waals surface area contributed by atoms with E-state index in [2.05, 4.69) is 36.3 Å². The summed E-state index contributed by atoms with van der Waals surface area (Å²) in [6.45, 7) is 7.46. The number of carbonyl (C=O) groups is 1. The van der Waals surface area contributed by atoms with Gasteiger partial charge in [-0.05, 0) is 37.8 Å². The van der Waals surface area contributed by atoms with E-state index in [0.717, 1.165) is 31.7 Å². The van der Waals surface area contributed by atoms with E-state index in [4.69, 9.17) is 4.74 Å². The van der Waals surface area contributed by atoms with Gasteiger partial charge in [-0.2, -0.15) is 0 Å². The lowest BCUT2D eigenvalue weighted by molar-refractivity contribution is 0.0793. The number of ether oxygens (including phenoxy) is 1. The van der Waals surface area contributed by atoms with Crippen LogP contribution >= 0.6 is 0 Å². The Labute approximate surface area is 155 Å². The van der Waals surface area contributed by atoms with E-state index in [-0.39, 0.29) is 12.1 Å². The summed E-state index contributed by atoms with van der Waals surface area (Å²) < 4.78 is 7.79. The van der Waals surface area contributed by atoms with Crippen molar-refractivity contribution >= 4 is 6.03 Å². The molecule has 1 aromatic heterocycles. The van der Waals surface area contributed by atoms with Crippen molar-refractivity contribution in [1.29, 1.82) is 0 Å². The zero-order valence-electron chi connectivity index (χ0n) is 15.6. The van der Waals surface area contributed by atoms with Crippen molar-refractivity contribution in [2.24, 2.45) is 0 Å². The number of benzene rings is 1. The van der Waals surface area contributed by atoms with Gasteiger partial charge in [0, 0.05) is 32.4 Å². The molecule has 0 aliphatic carbocycles. The van der Waals surface area contributed by atoms with E-state index in [1.54, 1.807) is 12.5 Å². The van der Waals surface area contributed by atoms with Gasteiger partial charge in [-0.1, -0.05) is 24.3 Å². The van der Waals surface area contributed by atoms with E-state index in [9.17, 15) is 4.79 Å². The SMILES string of the molecule is CCn1cncc1CNC(=O)N(Cc1ccccc1C)CC1CCCO1. The second-order valence-corrected chi connectivity index (χ2v) is 6.77. The molecule has 26 heavy (non-hydrogen) atoms. The first kappa shape index (κ1) is 18.5. The Bertz CT molecular complexity index is 722. The number of carbonyl (C=O) groups excluding carboxylic acids is 1. The second kappa shape index (κ2) is 8.85. The van der Waals surface area contributed by atoms with Crippen LogP contribution in [0.1, 0.15) is 36.6 Å². The molecule has 6 nitrogen and oxygen atoms in total. The second-order valence-electron chi connectivity index (χ2n) is 6.77. The first-order chi connectivity index (χ1) is 12.7. The highest BCUT2D eigenvalue weighted by Gasteiger charge is 2.23. The van der Waals surface area contributed by atoms with Gasteiger partial charge in [0.25, 0.3) is 0 Å². The van der Waals surface area contributed by atoms with Gasteiger partial charge in [0.15, 0.2) is 0 Å². The summed E-state index contributed by atoms with van der Waals surface area (Å²) in [6.07, 6.45) is 5.81. The molecule has 1 fully saturated rings. The van der Waals surface area contributed by atoms with Crippen LogP contribution in [-0.4, -0.2) is 39.7 Å². The van der Waals surface area contributed by atoms with E-state index in [0.29, 0.717) is 19.6 Å². The predicted molar refractivity (Wildman–Crippen MR) is 101 cm³/mol. The van der Waals surface area contributed by atoms with Gasteiger partial charge >= 0.3 is 6.03 Å². The first-order valence-electron chi connectivity index (χ1n) is 9.35. The minimum Gasteiger partial charge on any atom is -0.376 e. The van der Waals surface area contributed by atoms with Crippen LogP contribution in [0.5, 0.6) is 0 Å². The fourth-order valence-corrected chi connectivity index (χ4v) is 3.30. The van der Waals surface area contributed by atoms with Crippen molar-refractivity contribution in [3.8, 4) is 0 Å². The lowest BCUT2D eigenvalue weighted by atomic mass is 10.1. The lowest BCUT2D eigenvalue weighted by Gasteiger charge is -2.26. The number of nitrogens with one attached hydrogen (secondary N) is 1. The Morgan fingerprint density at radius 3 is 3.00 bits per heavy atom. The molecule has 1 aliphatic rings. The Morgan fingerprint density at radius 1 is 1.42 bits per heavy atom. The highest BCUT2D eigenvalue weighted by molar-refractivity contribution is 5.74. The summed E-state index contributed by atoms with van der Waals surface area (Å²) in [5.74, 6) is 0. The number of aromatic nitrogens is 2. The smallest absolute Gasteiger partial charge is 0.318 e. The largest absolute Gasteiger partial charge is 0.376 e. The maximum absolute atomic E-state index is 12.9. The molecular formula is C20H28N4O2. The van der Waals surface area contributed by atoms with Gasteiger partial charge in [0.2, 0.25) is 0 Å². The molecule has 2 heterocycles. The summed E-state index contributed by atoms with van der Waals surface area (Å²) in [4.78, 5) is 18.9. The topological polar surface area (TPSA) is 59.4 Å². The fourth-order valence-electron chi connectivity index (χ4n) is 3.30. The van der Waals surface area contributed by atoms with Gasteiger partial charge in [-0.15, -0.1) is 0 Å². The fraction of sp³-hybridized carbons (Fsp3) is 0.500. The van der Waals surface area contributed by atoms with Crippen molar-refractivity contribution in [3.05, 3.63) is 53.6 Å². The molecule has 0 saturated carbocycles. The minimum atomic E-state index is -0.0624. The molecule has 3 rings (SSSR count). The third-order valence-corrected chi connectivity index (χ3v) is 4.92. The molecule has 0 spiro atoms. The molecule has 1 aromatic carbocycles. The van der Waals surface area contributed by atoms with Gasteiger partial charge in [0.1, 0.15) is 0 Å². The summed E-state index contributed by atoms with van der Waals surface area (Å²) >= 11 is 0. The Kier molecular flexibility index (Phi) is 6.28. The van der Waals surface area contributed by atoms with E-state index in [1.165, 1.54) is 11.1 Å². The minimum absolute atomic E-state index is 0.0624. The molecular weight excluding hydrogens is 328 g/mol. The quantitative estimate of drug-likeness (QED) is 0.829. The van der Waals surface area contributed by atoms with Crippen molar-refractivity contribution < 1.29 is 9.53 Å². The summed E-state index contributed by atoms with van der Waals surface area (Å²) in [5, 5.41) is 3.04. The summed E-state index contributed by atoms with van der Waals surface area (Å²) in [6, 6.07) is 8.14. The van der Waals surface area contributed by atoms with Crippen LogP contribution in [0.2, 0.25) is 0 Å². The molecule has 1 aliphatic heterocycles. The lowest BCUT2D eigenvalue weighted by Crippen LogP contribution is -2.43. The predicted octanol–water partition coefficient (Wildman–Crippen LogP) is 3.10. The molecule has 6 heteroatoms. The van der Waals surface area contributed by atoms with Gasteiger partial charge in [0.05, 0.1) is 24.7 Å². The molecule has 1 atom stereocenters. The number of urea groups is 1. The Balaban J connectivity index is 1.67. The molecule has 140 valence electrons. The molecule has 2 aromatic rings. The van der Waals surface area contributed by atoms with Crippen LogP contribution in [0.3, 0.4) is 0 Å². The third-order valence-electron chi connectivity index (χ3n) is 4.92. The maximum Gasteiger partial charge on any atom is 0.318 e. The normalized spacial score (nSPS) is 16.6. The van der Waals surface area contributed by atoms with Gasteiger partial charge < -0.3 is 19.5 Å². The number of imidazole rings is 1. The highest BCUT2D eigenvalue weighted by Crippen LogP contribution is 2.17. The zero-order chi connectivity index (χ0) is 18.4. The van der Waals surface area contributed by atoms with E-state index < -0.39 is 0 Å². The number of hydrogen-bond donors (Lipinski definition) is 1. The van der Waals surface area contributed by atoms with E-state index >= 15 is 0 Å². The summed E-state index contributed by atoms with van der Waals surface area (Å²) in [5.41, 5.74) is 3.37. The number of aryl methyl sites for hydroxylation is 2. The van der Waals surface area contributed by atoms with Crippen LogP contribution in [0.4, 0.5) is 4.79 Å². The van der Waals surface area contributed by atoms with Crippen LogP contribution in [0.15, 0.2) is 36.8 Å². The van der Waals surface area contributed by atoms with Crippen LogP contribution in [-0.2, 0) is 24.4 Å². The molecule has 0 bridgehead atoms. The average Bonchev–Trinajstić information content (AvgIpc) is 3.32. The molecule has 1 saturated heterocycles. The molecule has 1 unspecified atom stereocenters. The molecule has 0 radical (unpaired) electrons.